The minimum Gasteiger partial charge on any atom is -0.362 e. The zero-order valence-corrected chi connectivity index (χ0v) is 13.8. The van der Waals surface area contributed by atoms with Crippen LogP contribution in [0.3, 0.4) is 0 Å². The molecule has 5 heteroatoms. The predicted octanol–water partition coefficient (Wildman–Crippen LogP) is 4.07. The first-order chi connectivity index (χ1) is 10.8. The fraction of sp³-hybridized carbons (Fsp3) is 0.412. The van der Waals surface area contributed by atoms with E-state index in [9.17, 15) is 4.79 Å². The molecular weight excluding hydrogens is 294 g/mol. The minimum atomic E-state index is -0.126. The number of nitrogens with one attached hydrogen (secondary N) is 2. The summed E-state index contributed by atoms with van der Waals surface area (Å²) in [7, 11) is 0. The maximum atomic E-state index is 12.1. The van der Waals surface area contributed by atoms with Gasteiger partial charge < -0.3 is 10.6 Å². The van der Waals surface area contributed by atoms with E-state index < -0.39 is 0 Å². The van der Waals surface area contributed by atoms with E-state index in [1.54, 1.807) is 5.38 Å². The number of thiazole rings is 1. The second-order valence-electron chi connectivity index (χ2n) is 5.19. The van der Waals surface area contributed by atoms with Gasteiger partial charge in [-0.25, -0.2) is 4.98 Å². The molecule has 0 bridgehead atoms. The summed E-state index contributed by atoms with van der Waals surface area (Å²) in [6, 6.07) is 9.87. The average molecular weight is 317 g/mol. The van der Waals surface area contributed by atoms with Crippen molar-refractivity contribution < 1.29 is 4.79 Å². The Hall–Kier alpha value is -1.88. The summed E-state index contributed by atoms with van der Waals surface area (Å²) in [4.78, 5) is 16.4. The Morgan fingerprint density at radius 3 is 2.77 bits per heavy atom. The summed E-state index contributed by atoms with van der Waals surface area (Å²) in [5.74, 6) is -0.126. The zero-order valence-electron chi connectivity index (χ0n) is 13.0. The van der Waals surface area contributed by atoms with Crippen LogP contribution in [0, 0.1) is 0 Å². The fourth-order valence-corrected chi connectivity index (χ4v) is 2.79. The number of amides is 1. The van der Waals surface area contributed by atoms with Crippen molar-refractivity contribution in [2.24, 2.45) is 0 Å². The molecule has 1 heterocycles. The normalized spacial score (nSPS) is 10.4. The lowest BCUT2D eigenvalue weighted by molar-refractivity contribution is 0.0946. The van der Waals surface area contributed by atoms with E-state index in [0.29, 0.717) is 12.2 Å². The van der Waals surface area contributed by atoms with E-state index >= 15 is 0 Å². The summed E-state index contributed by atoms with van der Waals surface area (Å²) in [5.41, 5.74) is 1.57. The van der Waals surface area contributed by atoms with Crippen LogP contribution in [0.5, 0.6) is 0 Å². The summed E-state index contributed by atoms with van der Waals surface area (Å²) in [6.45, 7) is 3.64. The van der Waals surface area contributed by atoms with Crippen molar-refractivity contribution in [2.45, 2.75) is 39.2 Å². The molecule has 4 nitrogen and oxygen atoms in total. The number of unbranched alkanes of at least 4 members (excludes halogenated alkanes) is 3. The largest absolute Gasteiger partial charge is 0.362 e. The van der Waals surface area contributed by atoms with Crippen LogP contribution in [0.2, 0.25) is 0 Å². The van der Waals surface area contributed by atoms with Gasteiger partial charge in [0.05, 0.1) is 0 Å². The Kier molecular flexibility index (Phi) is 6.90. The molecule has 1 amide bonds. The lowest BCUT2D eigenvalue weighted by atomic mass is 10.2. The Morgan fingerprint density at radius 1 is 1.18 bits per heavy atom. The highest BCUT2D eigenvalue weighted by atomic mass is 32.1. The third-order valence-corrected chi connectivity index (χ3v) is 4.14. The van der Waals surface area contributed by atoms with Crippen LogP contribution >= 0.6 is 11.3 Å². The third-order valence-electron chi connectivity index (χ3n) is 3.34. The molecule has 22 heavy (non-hydrogen) atoms. The van der Waals surface area contributed by atoms with Crippen molar-refractivity contribution in [3.05, 3.63) is 47.0 Å². The Balaban J connectivity index is 1.74. The van der Waals surface area contributed by atoms with Gasteiger partial charge in [0.1, 0.15) is 5.69 Å². The molecule has 0 fully saturated rings. The second-order valence-corrected chi connectivity index (χ2v) is 6.05. The molecule has 0 saturated heterocycles. The number of carbonyl (C=O) groups excluding carboxylic acids is 1. The highest BCUT2D eigenvalue weighted by Crippen LogP contribution is 2.15. The van der Waals surface area contributed by atoms with Gasteiger partial charge in [-0.1, -0.05) is 56.5 Å². The van der Waals surface area contributed by atoms with Crippen LogP contribution in [-0.4, -0.2) is 17.4 Å². The van der Waals surface area contributed by atoms with Crippen molar-refractivity contribution >= 4 is 22.4 Å². The standard InChI is InChI=1S/C17H23N3OS/c1-2-3-4-8-11-18-17-20-15(13-22-17)16(21)19-12-14-9-6-5-7-10-14/h5-7,9-10,13H,2-4,8,11-12H2,1H3,(H,18,20)(H,19,21). The lowest BCUT2D eigenvalue weighted by Crippen LogP contribution is -2.23. The van der Waals surface area contributed by atoms with Crippen LogP contribution in [0.15, 0.2) is 35.7 Å². The van der Waals surface area contributed by atoms with Crippen LogP contribution in [0.25, 0.3) is 0 Å². The van der Waals surface area contributed by atoms with Gasteiger partial charge in [0, 0.05) is 18.5 Å². The molecule has 0 unspecified atom stereocenters. The number of nitrogens with zero attached hydrogens (tertiary/aromatic N) is 1. The van der Waals surface area contributed by atoms with Gasteiger partial charge in [-0.05, 0) is 12.0 Å². The molecule has 0 aliphatic carbocycles. The van der Waals surface area contributed by atoms with Crippen LogP contribution in [0.1, 0.15) is 48.7 Å². The van der Waals surface area contributed by atoms with E-state index in [1.165, 1.54) is 30.6 Å². The molecule has 0 spiro atoms. The Bertz CT molecular complexity index is 568. The predicted molar refractivity (Wildman–Crippen MR) is 92.4 cm³/mol. The molecule has 0 aliphatic rings. The van der Waals surface area contributed by atoms with E-state index in [1.807, 2.05) is 30.3 Å². The number of hydrogen-bond acceptors (Lipinski definition) is 4. The van der Waals surface area contributed by atoms with Gasteiger partial charge in [-0.3, -0.25) is 4.79 Å². The minimum absolute atomic E-state index is 0.126. The molecule has 0 saturated carbocycles. The maximum Gasteiger partial charge on any atom is 0.271 e. The van der Waals surface area contributed by atoms with Crippen molar-refractivity contribution in [3.8, 4) is 0 Å². The van der Waals surface area contributed by atoms with Gasteiger partial charge in [0.25, 0.3) is 5.91 Å². The van der Waals surface area contributed by atoms with Crippen molar-refractivity contribution in [2.75, 3.05) is 11.9 Å². The van der Waals surface area contributed by atoms with Gasteiger partial charge in [0.2, 0.25) is 0 Å². The van der Waals surface area contributed by atoms with Gasteiger partial charge in [-0.2, -0.15) is 0 Å². The molecule has 1 aromatic heterocycles. The summed E-state index contributed by atoms with van der Waals surface area (Å²) in [6.07, 6.45) is 4.89. The smallest absolute Gasteiger partial charge is 0.271 e. The zero-order chi connectivity index (χ0) is 15.6. The van der Waals surface area contributed by atoms with Crippen LogP contribution < -0.4 is 10.6 Å². The number of rotatable bonds is 9. The second kappa shape index (κ2) is 9.20. The van der Waals surface area contributed by atoms with Gasteiger partial charge in [-0.15, -0.1) is 11.3 Å². The number of aromatic nitrogens is 1. The molecule has 0 aliphatic heterocycles. The van der Waals surface area contributed by atoms with E-state index in [2.05, 4.69) is 22.5 Å². The van der Waals surface area contributed by atoms with Crippen molar-refractivity contribution in [1.29, 1.82) is 0 Å². The molecule has 2 aromatic rings. The molecular formula is C17H23N3OS. The van der Waals surface area contributed by atoms with Crippen LogP contribution in [0.4, 0.5) is 5.13 Å². The number of anilines is 1. The van der Waals surface area contributed by atoms with Gasteiger partial charge >= 0.3 is 0 Å². The SMILES string of the molecule is CCCCCCNc1nc(C(=O)NCc2ccccc2)cs1. The number of carbonyl (C=O) groups is 1. The molecule has 0 atom stereocenters. The molecule has 0 radical (unpaired) electrons. The Morgan fingerprint density at radius 2 is 2.00 bits per heavy atom. The first-order valence-corrected chi connectivity index (χ1v) is 8.69. The summed E-state index contributed by atoms with van der Waals surface area (Å²) in [5, 5.41) is 8.79. The molecule has 2 rings (SSSR count). The first-order valence-electron chi connectivity index (χ1n) is 7.81. The molecule has 2 N–H and O–H groups in total. The number of benzene rings is 1. The number of hydrogen-bond donors (Lipinski definition) is 2. The summed E-state index contributed by atoms with van der Waals surface area (Å²) >= 11 is 1.48. The monoisotopic (exact) mass is 317 g/mol. The average Bonchev–Trinajstić information content (AvgIpc) is 3.02. The quantitative estimate of drug-likeness (QED) is 0.686. The highest BCUT2D eigenvalue weighted by Gasteiger charge is 2.10. The lowest BCUT2D eigenvalue weighted by Gasteiger charge is -2.03. The van der Waals surface area contributed by atoms with Crippen molar-refractivity contribution in [1.82, 2.24) is 10.3 Å². The third kappa shape index (κ3) is 5.48. The first kappa shape index (κ1) is 16.5. The van der Waals surface area contributed by atoms with Crippen LogP contribution in [-0.2, 0) is 6.54 Å². The van der Waals surface area contributed by atoms with Crippen molar-refractivity contribution in [3.63, 3.8) is 0 Å². The molecule has 118 valence electrons. The van der Waals surface area contributed by atoms with E-state index in [4.69, 9.17) is 0 Å². The maximum absolute atomic E-state index is 12.1. The van der Waals surface area contributed by atoms with E-state index in [-0.39, 0.29) is 5.91 Å². The summed E-state index contributed by atoms with van der Waals surface area (Å²) < 4.78 is 0. The molecule has 1 aromatic carbocycles. The fourth-order valence-electron chi connectivity index (χ4n) is 2.08. The van der Waals surface area contributed by atoms with Gasteiger partial charge in [0.15, 0.2) is 5.13 Å². The topological polar surface area (TPSA) is 54.0 Å². The van der Waals surface area contributed by atoms with E-state index in [0.717, 1.165) is 23.7 Å². The highest BCUT2D eigenvalue weighted by molar-refractivity contribution is 7.13. The Labute approximate surface area is 136 Å².